The predicted octanol–water partition coefficient (Wildman–Crippen LogP) is 3.22. The number of rotatable bonds is 3. The minimum absolute atomic E-state index is 0.219. The zero-order valence-electron chi connectivity index (χ0n) is 10.3. The zero-order valence-corrected chi connectivity index (χ0v) is 11.9. The van der Waals surface area contributed by atoms with Crippen molar-refractivity contribution >= 4 is 21.8 Å². The van der Waals surface area contributed by atoms with Crippen molar-refractivity contribution in [1.82, 2.24) is 10.3 Å². The Morgan fingerprint density at radius 2 is 2.05 bits per heavy atom. The van der Waals surface area contributed by atoms with Crippen molar-refractivity contribution in [2.24, 2.45) is 0 Å². The molecule has 19 heavy (non-hydrogen) atoms. The first-order valence-electron chi connectivity index (χ1n) is 5.71. The fraction of sp³-hybridized carbons (Fsp3) is 0.143. The van der Waals surface area contributed by atoms with Gasteiger partial charge in [-0.25, -0.2) is 4.39 Å². The third kappa shape index (κ3) is 3.61. The number of pyridine rings is 1. The average Bonchev–Trinajstić information content (AvgIpc) is 2.37. The first kappa shape index (κ1) is 13.7. The molecule has 3 nitrogen and oxygen atoms in total. The number of halogens is 2. The highest BCUT2D eigenvalue weighted by atomic mass is 79.9. The molecule has 0 spiro atoms. The number of hydrogen-bond acceptors (Lipinski definition) is 2. The van der Waals surface area contributed by atoms with Crippen molar-refractivity contribution < 1.29 is 9.18 Å². The molecule has 0 fully saturated rings. The summed E-state index contributed by atoms with van der Waals surface area (Å²) in [5, 5.41) is 2.76. The van der Waals surface area contributed by atoms with Crippen molar-refractivity contribution in [3.8, 4) is 0 Å². The third-order valence-electron chi connectivity index (χ3n) is 2.60. The predicted molar refractivity (Wildman–Crippen MR) is 74.2 cm³/mol. The third-order valence-corrected chi connectivity index (χ3v) is 3.26. The zero-order chi connectivity index (χ0) is 13.8. The van der Waals surface area contributed by atoms with Gasteiger partial charge in [-0.1, -0.05) is 12.1 Å². The monoisotopic (exact) mass is 322 g/mol. The summed E-state index contributed by atoms with van der Waals surface area (Å²) in [5.41, 5.74) is 2.15. The standard InChI is InChI=1S/C14H12BrFN2O/c1-9-6-13(15)12(8-17-9)14(19)18-7-10-2-4-11(16)5-3-10/h2-6,8H,7H2,1H3,(H,18,19). The molecule has 0 saturated heterocycles. The Morgan fingerprint density at radius 3 is 2.68 bits per heavy atom. The molecule has 1 heterocycles. The molecule has 0 atom stereocenters. The van der Waals surface area contributed by atoms with Crippen LogP contribution in [0.25, 0.3) is 0 Å². The van der Waals surface area contributed by atoms with Gasteiger partial charge in [-0.15, -0.1) is 0 Å². The van der Waals surface area contributed by atoms with E-state index in [0.717, 1.165) is 11.3 Å². The molecule has 0 saturated carbocycles. The Morgan fingerprint density at radius 1 is 1.37 bits per heavy atom. The molecule has 0 aliphatic carbocycles. The van der Waals surface area contributed by atoms with E-state index in [0.29, 0.717) is 16.6 Å². The Labute approximate surface area is 119 Å². The molecular formula is C14H12BrFN2O. The summed E-state index contributed by atoms with van der Waals surface area (Å²) < 4.78 is 13.4. The van der Waals surface area contributed by atoms with E-state index < -0.39 is 0 Å². The molecule has 5 heteroatoms. The van der Waals surface area contributed by atoms with Gasteiger partial charge in [0.05, 0.1) is 5.56 Å². The van der Waals surface area contributed by atoms with E-state index in [1.807, 2.05) is 6.92 Å². The van der Waals surface area contributed by atoms with Crippen LogP contribution in [0.4, 0.5) is 4.39 Å². The van der Waals surface area contributed by atoms with Crippen LogP contribution in [0.1, 0.15) is 21.6 Å². The van der Waals surface area contributed by atoms with Crippen LogP contribution in [-0.2, 0) is 6.54 Å². The summed E-state index contributed by atoms with van der Waals surface area (Å²) in [4.78, 5) is 16.0. The second-order valence-electron chi connectivity index (χ2n) is 4.11. The summed E-state index contributed by atoms with van der Waals surface area (Å²) in [6.45, 7) is 2.20. The van der Waals surface area contributed by atoms with E-state index in [1.54, 1.807) is 18.2 Å². The number of hydrogen-bond donors (Lipinski definition) is 1. The van der Waals surface area contributed by atoms with E-state index in [9.17, 15) is 9.18 Å². The highest BCUT2D eigenvalue weighted by molar-refractivity contribution is 9.10. The van der Waals surface area contributed by atoms with Gasteiger partial charge >= 0.3 is 0 Å². The van der Waals surface area contributed by atoms with Gasteiger partial charge in [0.2, 0.25) is 0 Å². The number of nitrogens with one attached hydrogen (secondary N) is 1. The number of aryl methyl sites for hydroxylation is 1. The maximum absolute atomic E-state index is 12.7. The molecule has 0 unspecified atom stereocenters. The van der Waals surface area contributed by atoms with Crippen molar-refractivity contribution in [2.45, 2.75) is 13.5 Å². The van der Waals surface area contributed by atoms with Gasteiger partial charge in [0, 0.05) is 22.9 Å². The molecule has 0 aliphatic heterocycles. The largest absolute Gasteiger partial charge is 0.348 e. The summed E-state index contributed by atoms with van der Waals surface area (Å²) >= 11 is 3.33. The fourth-order valence-electron chi connectivity index (χ4n) is 1.57. The lowest BCUT2D eigenvalue weighted by molar-refractivity contribution is 0.0950. The smallest absolute Gasteiger partial charge is 0.254 e. The fourth-order valence-corrected chi connectivity index (χ4v) is 2.19. The molecule has 1 aromatic carbocycles. The van der Waals surface area contributed by atoms with Crippen LogP contribution in [-0.4, -0.2) is 10.9 Å². The lowest BCUT2D eigenvalue weighted by atomic mass is 10.2. The maximum Gasteiger partial charge on any atom is 0.254 e. The van der Waals surface area contributed by atoms with Gasteiger partial charge in [-0.05, 0) is 46.6 Å². The molecule has 98 valence electrons. The van der Waals surface area contributed by atoms with Gasteiger partial charge in [0.25, 0.3) is 5.91 Å². The molecule has 1 aromatic heterocycles. The second kappa shape index (κ2) is 5.93. The van der Waals surface area contributed by atoms with Gasteiger partial charge < -0.3 is 5.32 Å². The minimum Gasteiger partial charge on any atom is -0.348 e. The van der Waals surface area contributed by atoms with Crippen LogP contribution in [0.5, 0.6) is 0 Å². The minimum atomic E-state index is -0.291. The molecule has 0 bridgehead atoms. The van der Waals surface area contributed by atoms with Crippen LogP contribution >= 0.6 is 15.9 Å². The second-order valence-corrected chi connectivity index (χ2v) is 4.97. The summed E-state index contributed by atoms with van der Waals surface area (Å²) in [6.07, 6.45) is 1.53. The van der Waals surface area contributed by atoms with E-state index in [-0.39, 0.29) is 11.7 Å². The molecular weight excluding hydrogens is 311 g/mol. The Kier molecular flexibility index (Phi) is 4.27. The van der Waals surface area contributed by atoms with E-state index in [2.05, 4.69) is 26.2 Å². The molecule has 2 aromatic rings. The van der Waals surface area contributed by atoms with Crippen LogP contribution in [0.15, 0.2) is 41.0 Å². The van der Waals surface area contributed by atoms with Crippen molar-refractivity contribution in [1.29, 1.82) is 0 Å². The van der Waals surface area contributed by atoms with Crippen LogP contribution in [0.2, 0.25) is 0 Å². The van der Waals surface area contributed by atoms with Gasteiger partial charge in [-0.2, -0.15) is 0 Å². The number of nitrogens with zero attached hydrogens (tertiary/aromatic N) is 1. The summed E-state index contributed by atoms with van der Waals surface area (Å²) in [7, 11) is 0. The van der Waals surface area contributed by atoms with Crippen molar-refractivity contribution in [2.75, 3.05) is 0 Å². The van der Waals surface area contributed by atoms with Gasteiger partial charge in [0.15, 0.2) is 0 Å². The summed E-state index contributed by atoms with van der Waals surface area (Å²) in [5.74, 6) is -0.510. The maximum atomic E-state index is 12.7. The highest BCUT2D eigenvalue weighted by Gasteiger charge is 2.10. The molecule has 1 amide bonds. The average molecular weight is 323 g/mol. The highest BCUT2D eigenvalue weighted by Crippen LogP contribution is 2.16. The van der Waals surface area contributed by atoms with Crippen molar-refractivity contribution in [3.63, 3.8) is 0 Å². The Balaban J connectivity index is 2.03. The lowest BCUT2D eigenvalue weighted by Crippen LogP contribution is -2.23. The van der Waals surface area contributed by atoms with Crippen LogP contribution in [0, 0.1) is 12.7 Å². The van der Waals surface area contributed by atoms with Gasteiger partial charge in [-0.3, -0.25) is 9.78 Å². The Hall–Kier alpha value is -1.75. The Bertz CT molecular complexity index is 599. The molecule has 0 aliphatic rings. The molecule has 0 radical (unpaired) electrons. The summed E-state index contributed by atoms with van der Waals surface area (Å²) in [6, 6.07) is 7.79. The molecule has 1 N–H and O–H groups in total. The number of amides is 1. The number of aromatic nitrogens is 1. The number of benzene rings is 1. The van der Waals surface area contributed by atoms with Crippen LogP contribution in [0.3, 0.4) is 0 Å². The van der Waals surface area contributed by atoms with Gasteiger partial charge in [0.1, 0.15) is 5.82 Å². The first-order chi connectivity index (χ1) is 9.06. The first-order valence-corrected chi connectivity index (χ1v) is 6.50. The number of carbonyl (C=O) groups excluding carboxylic acids is 1. The molecule has 2 rings (SSSR count). The number of carbonyl (C=O) groups is 1. The van der Waals surface area contributed by atoms with Crippen molar-refractivity contribution in [3.05, 3.63) is 63.6 Å². The SMILES string of the molecule is Cc1cc(Br)c(C(=O)NCc2ccc(F)cc2)cn1. The van der Waals surface area contributed by atoms with E-state index in [1.165, 1.54) is 18.3 Å². The quantitative estimate of drug-likeness (QED) is 0.942. The normalized spacial score (nSPS) is 10.3. The lowest BCUT2D eigenvalue weighted by Gasteiger charge is -2.07. The van der Waals surface area contributed by atoms with E-state index >= 15 is 0 Å². The topological polar surface area (TPSA) is 42.0 Å². The van der Waals surface area contributed by atoms with Crippen LogP contribution < -0.4 is 5.32 Å². The van der Waals surface area contributed by atoms with E-state index in [4.69, 9.17) is 0 Å².